The first kappa shape index (κ1) is 9.49. The summed E-state index contributed by atoms with van der Waals surface area (Å²) < 4.78 is 5.38. The van der Waals surface area contributed by atoms with Gasteiger partial charge in [-0.05, 0) is 18.1 Å². The van der Waals surface area contributed by atoms with Crippen LogP contribution in [0.5, 0.6) is 5.75 Å². The molecule has 0 fully saturated rings. The van der Waals surface area contributed by atoms with E-state index in [1.165, 1.54) is 5.56 Å². The lowest BCUT2D eigenvalue weighted by Crippen LogP contribution is -2.35. The molecular weight excluding hydrogens is 178 g/mol. The third-order valence-corrected chi connectivity index (χ3v) is 2.67. The molecule has 0 aromatic heterocycles. The van der Waals surface area contributed by atoms with Gasteiger partial charge in [0.25, 0.3) is 0 Å². The number of aryl methyl sites for hydroxylation is 1. The summed E-state index contributed by atoms with van der Waals surface area (Å²) in [6, 6.07) is 5.66. The van der Waals surface area contributed by atoms with Gasteiger partial charge < -0.3 is 15.6 Å². The highest BCUT2D eigenvalue weighted by molar-refractivity contribution is 5.41. The standard InChI is InChI=1S/C11H15NO2/c1-2-7-3-4-10-8(5-7)11(12)9(13)6-14-10/h3-5,9,11,13H,2,6,12H2,1H3/t9-,11+/m1/s1. The fourth-order valence-electron chi connectivity index (χ4n) is 1.70. The third kappa shape index (κ3) is 1.49. The van der Waals surface area contributed by atoms with Crippen molar-refractivity contribution in [3.05, 3.63) is 29.3 Å². The first-order valence-electron chi connectivity index (χ1n) is 4.91. The minimum absolute atomic E-state index is 0.291. The Balaban J connectivity index is 2.41. The minimum atomic E-state index is -0.588. The van der Waals surface area contributed by atoms with Gasteiger partial charge in [0, 0.05) is 5.56 Å². The Hall–Kier alpha value is -1.06. The largest absolute Gasteiger partial charge is 0.490 e. The molecule has 0 saturated carbocycles. The minimum Gasteiger partial charge on any atom is -0.490 e. The fraction of sp³-hybridized carbons (Fsp3) is 0.455. The van der Waals surface area contributed by atoms with Crippen LogP contribution >= 0.6 is 0 Å². The van der Waals surface area contributed by atoms with Crippen molar-refractivity contribution in [2.24, 2.45) is 5.73 Å². The van der Waals surface area contributed by atoms with Crippen molar-refractivity contribution >= 4 is 0 Å². The van der Waals surface area contributed by atoms with Crippen molar-refractivity contribution in [3.63, 3.8) is 0 Å². The van der Waals surface area contributed by atoms with Gasteiger partial charge in [0.1, 0.15) is 18.5 Å². The summed E-state index contributed by atoms with van der Waals surface area (Å²) in [6.45, 7) is 2.38. The van der Waals surface area contributed by atoms with Gasteiger partial charge in [-0.3, -0.25) is 0 Å². The average molecular weight is 193 g/mol. The fourth-order valence-corrected chi connectivity index (χ4v) is 1.70. The molecule has 0 radical (unpaired) electrons. The van der Waals surface area contributed by atoms with E-state index in [2.05, 4.69) is 6.92 Å². The lowest BCUT2D eigenvalue weighted by molar-refractivity contribution is 0.0678. The first-order valence-corrected chi connectivity index (χ1v) is 4.91. The molecule has 0 saturated heterocycles. The number of benzene rings is 1. The van der Waals surface area contributed by atoms with Crippen molar-refractivity contribution in [3.8, 4) is 5.75 Å². The van der Waals surface area contributed by atoms with Crippen molar-refractivity contribution < 1.29 is 9.84 Å². The smallest absolute Gasteiger partial charge is 0.124 e. The quantitative estimate of drug-likeness (QED) is 0.699. The van der Waals surface area contributed by atoms with Crippen LogP contribution in [0.2, 0.25) is 0 Å². The Morgan fingerprint density at radius 2 is 2.36 bits per heavy atom. The second-order valence-electron chi connectivity index (χ2n) is 3.63. The summed E-state index contributed by atoms with van der Waals surface area (Å²) in [5, 5.41) is 9.54. The number of ether oxygens (including phenoxy) is 1. The van der Waals surface area contributed by atoms with Crippen LogP contribution in [0.4, 0.5) is 0 Å². The van der Waals surface area contributed by atoms with Gasteiger partial charge in [-0.2, -0.15) is 0 Å². The van der Waals surface area contributed by atoms with Crippen LogP contribution in [0.15, 0.2) is 18.2 Å². The topological polar surface area (TPSA) is 55.5 Å². The maximum Gasteiger partial charge on any atom is 0.124 e. The van der Waals surface area contributed by atoms with Crippen LogP contribution in [0.3, 0.4) is 0 Å². The lowest BCUT2D eigenvalue weighted by atomic mass is 9.96. The number of fused-ring (bicyclic) bond motifs is 1. The number of nitrogens with two attached hydrogens (primary N) is 1. The molecule has 1 aromatic rings. The van der Waals surface area contributed by atoms with Gasteiger partial charge in [-0.25, -0.2) is 0 Å². The van der Waals surface area contributed by atoms with Crippen molar-refractivity contribution in [1.29, 1.82) is 0 Å². The van der Waals surface area contributed by atoms with Gasteiger partial charge in [0.2, 0.25) is 0 Å². The molecule has 3 nitrogen and oxygen atoms in total. The van der Waals surface area contributed by atoms with E-state index >= 15 is 0 Å². The van der Waals surface area contributed by atoms with Crippen LogP contribution in [-0.2, 0) is 6.42 Å². The van der Waals surface area contributed by atoms with Gasteiger partial charge >= 0.3 is 0 Å². The Morgan fingerprint density at radius 3 is 3.07 bits per heavy atom. The molecular formula is C11H15NO2. The molecule has 0 bridgehead atoms. The van der Waals surface area contributed by atoms with E-state index in [0.29, 0.717) is 6.61 Å². The zero-order valence-electron chi connectivity index (χ0n) is 8.23. The highest BCUT2D eigenvalue weighted by Gasteiger charge is 2.26. The van der Waals surface area contributed by atoms with Crippen LogP contribution in [-0.4, -0.2) is 17.8 Å². The summed E-state index contributed by atoms with van der Waals surface area (Å²) in [7, 11) is 0. The number of rotatable bonds is 1. The Labute approximate surface area is 83.5 Å². The van der Waals surface area contributed by atoms with Crippen LogP contribution in [0.1, 0.15) is 24.1 Å². The summed E-state index contributed by atoms with van der Waals surface area (Å²) in [5.74, 6) is 0.806. The molecule has 0 spiro atoms. The van der Waals surface area contributed by atoms with E-state index in [4.69, 9.17) is 10.5 Å². The van der Waals surface area contributed by atoms with Crippen molar-refractivity contribution in [2.75, 3.05) is 6.61 Å². The molecule has 1 heterocycles. The Morgan fingerprint density at radius 1 is 1.57 bits per heavy atom. The zero-order valence-corrected chi connectivity index (χ0v) is 8.23. The number of aliphatic hydroxyl groups excluding tert-OH is 1. The Bertz CT molecular complexity index is 338. The third-order valence-electron chi connectivity index (χ3n) is 2.67. The van der Waals surface area contributed by atoms with E-state index in [1.807, 2.05) is 18.2 Å². The van der Waals surface area contributed by atoms with E-state index in [9.17, 15) is 5.11 Å². The molecule has 3 N–H and O–H groups in total. The summed E-state index contributed by atoms with van der Waals surface area (Å²) >= 11 is 0. The molecule has 2 atom stereocenters. The number of hydrogen-bond donors (Lipinski definition) is 2. The summed E-state index contributed by atoms with van der Waals surface area (Å²) in [6.07, 6.45) is 0.380. The molecule has 3 heteroatoms. The highest BCUT2D eigenvalue weighted by atomic mass is 16.5. The predicted molar refractivity (Wildman–Crippen MR) is 54.3 cm³/mol. The molecule has 0 aliphatic carbocycles. The average Bonchev–Trinajstić information content (AvgIpc) is 2.23. The van der Waals surface area contributed by atoms with Gasteiger partial charge in [0.05, 0.1) is 6.04 Å². The number of aliphatic hydroxyl groups is 1. The van der Waals surface area contributed by atoms with E-state index < -0.39 is 6.10 Å². The second-order valence-corrected chi connectivity index (χ2v) is 3.63. The SMILES string of the molecule is CCc1ccc2c(c1)[C@H](N)[C@H](O)CO2. The maximum atomic E-state index is 9.54. The highest BCUT2D eigenvalue weighted by Crippen LogP contribution is 2.31. The molecule has 0 unspecified atom stereocenters. The zero-order chi connectivity index (χ0) is 10.1. The van der Waals surface area contributed by atoms with Crippen LogP contribution in [0.25, 0.3) is 0 Å². The van der Waals surface area contributed by atoms with Gasteiger partial charge in [-0.15, -0.1) is 0 Å². The van der Waals surface area contributed by atoms with Crippen LogP contribution < -0.4 is 10.5 Å². The molecule has 1 aromatic carbocycles. The predicted octanol–water partition coefficient (Wildman–Crippen LogP) is 1.00. The number of hydrogen-bond acceptors (Lipinski definition) is 3. The Kier molecular flexibility index (Phi) is 2.44. The molecule has 14 heavy (non-hydrogen) atoms. The summed E-state index contributed by atoms with van der Waals surface area (Å²) in [4.78, 5) is 0. The summed E-state index contributed by atoms with van der Waals surface area (Å²) in [5.41, 5.74) is 8.02. The second kappa shape index (κ2) is 3.59. The lowest BCUT2D eigenvalue weighted by Gasteiger charge is -2.28. The van der Waals surface area contributed by atoms with Gasteiger partial charge in [0.15, 0.2) is 0 Å². The van der Waals surface area contributed by atoms with E-state index in [1.54, 1.807) is 0 Å². The van der Waals surface area contributed by atoms with Crippen molar-refractivity contribution in [2.45, 2.75) is 25.5 Å². The molecule has 0 amide bonds. The van der Waals surface area contributed by atoms with Gasteiger partial charge in [-0.1, -0.05) is 19.1 Å². The molecule has 1 aliphatic heterocycles. The first-order chi connectivity index (χ1) is 6.72. The molecule has 2 rings (SSSR count). The van der Waals surface area contributed by atoms with Crippen LogP contribution in [0, 0.1) is 0 Å². The van der Waals surface area contributed by atoms with E-state index in [-0.39, 0.29) is 6.04 Å². The monoisotopic (exact) mass is 193 g/mol. The maximum absolute atomic E-state index is 9.54. The molecule has 1 aliphatic rings. The van der Waals surface area contributed by atoms with Crippen molar-refractivity contribution in [1.82, 2.24) is 0 Å². The van der Waals surface area contributed by atoms with E-state index in [0.717, 1.165) is 17.7 Å². The molecule has 76 valence electrons. The normalized spacial score (nSPS) is 25.4.